The van der Waals surface area contributed by atoms with E-state index in [0.717, 1.165) is 75.7 Å². The normalized spacial score (nSPS) is 13.5. The Morgan fingerprint density at radius 2 is 2.00 bits per heavy atom. The van der Waals surface area contributed by atoms with Crippen LogP contribution in [-0.2, 0) is 22.4 Å². The van der Waals surface area contributed by atoms with Crippen LogP contribution < -0.4 is 15.4 Å². The summed E-state index contributed by atoms with van der Waals surface area (Å²) in [5.74, 6) is -0.118. The summed E-state index contributed by atoms with van der Waals surface area (Å²) < 4.78 is 19.1. The average molecular weight is 558 g/mol. The summed E-state index contributed by atoms with van der Waals surface area (Å²) >= 11 is 0. The minimum absolute atomic E-state index is 0.221. The van der Waals surface area contributed by atoms with Crippen LogP contribution in [0.3, 0.4) is 0 Å². The molecule has 3 heterocycles. The van der Waals surface area contributed by atoms with Crippen LogP contribution in [0.1, 0.15) is 70.1 Å². The number of halogens is 1. The maximum atomic E-state index is 13.5. The van der Waals surface area contributed by atoms with Gasteiger partial charge < -0.3 is 20.5 Å². The molecule has 2 aromatic heterocycles. The van der Waals surface area contributed by atoms with Crippen molar-refractivity contribution in [2.75, 3.05) is 38.1 Å². The molecule has 220 valence electrons. The van der Waals surface area contributed by atoms with Crippen molar-refractivity contribution >= 4 is 17.7 Å². The zero-order chi connectivity index (χ0) is 28.7. The molecule has 40 heavy (non-hydrogen) atoms. The Kier molecular flexibility index (Phi) is 13.1. The predicted octanol–water partition coefficient (Wildman–Crippen LogP) is 4.46. The number of hydrogen-bond acceptors (Lipinski definition) is 7. The van der Waals surface area contributed by atoms with E-state index >= 15 is 0 Å². The molecule has 1 amide bonds. The number of amides is 1. The number of carboxylic acid groups (broad SMARTS) is 1. The molecule has 0 saturated heterocycles. The van der Waals surface area contributed by atoms with Gasteiger partial charge in [0.1, 0.15) is 30.0 Å². The van der Waals surface area contributed by atoms with Gasteiger partial charge in [-0.3, -0.25) is 14.7 Å². The fourth-order valence-electron chi connectivity index (χ4n) is 4.91. The van der Waals surface area contributed by atoms with Gasteiger partial charge in [0.25, 0.3) is 0 Å². The van der Waals surface area contributed by atoms with Crippen LogP contribution >= 0.6 is 0 Å². The summed E-state index contributed by atoms with van der Waals surface area (Å²) in [5, 5.41) is 15.8. The SMILES string of the molecule is CCC(CC)CC(=O)NC(CCN(CCCCc1ccc2c(n1)NCCC2)CCOc1cncc(F)c1)C(=O)O. The van der Waals surface area contributed by atoms with E-state index in [9.17, 15) is 19.1 Å². The molecule has 0 bridgehead atoms. The zero-order valence-electron chi connectivity index (χ0n) is 23.8. The van der Waals surface area contributed by atoms with Crippen molar-refractivity contribution in [2.45, 2.75) is 77.7 Å². The highest BCUT2D eigenvalue weighted by Gasteiger charge is 2.22. The number of aryl methyl sites for hydroxylation is 2. The molecule has 0 aliphatic carbocycles. The zero-order valence-corrected chi connectivity index (χ0v) is 23.8. The molecular weight excluding hydrogens is 513 g/mol. The number of aromatic nitrogens is 2. The van der Waals surface area contributed by atoms with E-state index in [1.165, 1.54) is 17.8 Å². The lowest BCUT2D eigenvalue weighted by Crippen LogP contribution is -2.44. The first-order chi connectivity index (χ1) is 19.4. The Hall–Kier alpha value is -3.27. The average Bonchev–Trinajstić information content (AvgIpc) is 2.95. The number of aliphatic carboxylic acids is 1. The summed E-state index contributed by atoms with van der Waals surface area (Å²) in [6.07, 6.45) is 9.85. The van der Waals surface area contributed by atoms with Crippen LogP contribution in [0.25, 0.3) is 0 Å². The van der Waals surface area contributed by atoms with Crippen molar-refractivity contribution in [3.63, 3.8) is 0 Å². The van der Waals surface area contributed by atoms with Crippen molar-refractivity contribution in [2.24, 2.45) is 5.92 Å². The standard InChI is InChI=1S/C30H44FN5O4/c1-3-22(4-2)18-28(37)35-27(30(38)39)12-15-36(16-17-40-26-19-24(31)20-32-21-26)14-6-5-9-25-11-10-23-8-7-13-33-29(23)34-25/h10-11,19-22,27H,3-9,12-18H2,1-2H3,(H,33,34)(H,35,37)(H,38,39). The number of anilines is 1. The van der Waals surface area contributed by atoms with Crippen LogP contribution in [0, 0.1) is 11.7 Å². The number of unbranched alkanes of at least 4 members (excludes halogenated alkanes) is 1. The number of pyridine rings is 2. The van der Waals surface area contributed by atoms with Gasteiger partial charge >= 0.3 is 5.97 Å². The molecule has 3 N–H and O–H groups in total. The van der Waals surface area contributed by atoms with Crippen LogP contribution in [0.4, 0.5) is 10.2 Å². The third-order valence-electron chi connectivity index (χ3n) is 7.46. The molecular formula is C30H44FN5O4. The summed E-state index contributed by atoms with van der Waals surface area (Å²) in [6.45, 7) is 7.09. The van der Waals surface area contributed by atoms with Crippen LogP contribution in [0.15, 0.2) is 30.6 Å². The van der Waals surface area contributed by atoms with Crippen molar-refractivity contribution < 1.29 is 23.8 Å². The third kappa shape index (κ3) is 10.7. The molecule has 1 unspecified atom stereocenters. The van der Waals surface area contributed by atoms with Crippen molar-refractivity contribution in [1.29, 1.82) is 0 Å². The second-order valence-corrected chi connectivity index (χ2v) is 10.5. The van der Waals surface area contributed by atoms with E-state index < -0.39 is 17.8 Å². The fraction of sp³-hybridized carbons (Fsp3) is 0.600. The first-order valence-electron chi connectivity index (χ1n) is 14.6. The number of nitrogens with zero attached hydrogens (tertiary/aromatic N) is 3. The number of carboxylic acids is 1. The number of carbonyl (C=O) groups excluding carboxylic acids is 1. The molecule has 0 saturated carbocycles. The van der Waals surface area contributed by atoms with E-state index in [-0.39, 0.29) is 18.2 Å². The minimum atomic E-state index is -1.04. The molecule has 0 spiro atoms. The maximum absolute atomic E-state index is 13.5. The Morgan fingerprint density at radius 3 is 2.75 bits per heavy atom. The summed E-state index contributed by atoms with van der Waals surface area (Å²) in [6, 6.07) is 4.60. The highest BCUT2D eigenvalue weighted by Crippen LogP contribution is 2.20. The van der Waals surface area contributed by atoms with E-state index in [0.29, 0.717) is 31.9 Å². The molecule has 10 heteroatoms. The van der Waals surface area contributed by atoms with E-state index in [4.69, 9.17) is 9.72 Å². The molecule has 0 aromatic carbocycles. The number of ether oxygens (including phenoxy) is 1. The lowest BCUT2D eigenvalue weighted by molar-refractivity contribution is -0.142. The maximum Gasteiger partial charge on any atom is 0.326 e. The van der Waals surface area contributed by atoms with Crippen LogP contribution in [0.2, 0.25) is 0 Å². The van der Waals surface area contributed by atoms with Crippen LogP contribution in [-0.4, -0.2) is 70.7 Å². The molecule has 0 fully saturated rings. The van der Waals surface area contributed by atoms with Gasteiger partial charge in [0.15, 0.2) is 0 Å². The minimum Gasteiger partial charge on any atom is -0.491 e. The summed E-state index contributed by atoms with van der Waals surface area (Å²) in [7, 11) is 0. The molecule has 1 aliphatic rings. The fourth-order valence-corrected chi connectivity index (χ4v) is 4.91. The number of nitrogens with one attached hydrogen (secondary N) is 2. The van der Waals surface area contributed by atoms with Gasteiger partial charge in [0.05, 0.1) is 12.4 Å². The first kappa shape index (κ1) is 31.3. The molecule has 1 aliphatic heterocycles. The Labute approximate surface area is 236 Å². The van der Waals surface area contributed by atoms with Crippen molar-refractivity contribution in [3.05, 3.63) is 47.7 Å². The van der Waals surface area contributed by atoms with E-state index in [2.05, 4.69) is 32.7 Å². The van der Waals surface area contributed by atoms with Crippen molar-refractivity contribution in [3.8, 4) is 5.75 Å². The van der Waals surface area contributed by atoms with Gasteiger partial charge in [-0.05, 0) is 62.6 Å². The van der Waals surface area contributed by atoms with Gasteiger partial charge in [-0.25, -0.2) is 14.2 Å². The number of fused-ring (bicyclic) bond motifs is 1. The topological polar surface area (TPSA) is 117 Å². The Bertz CT molecular complexity index is 1080. The Morgan fingerprint density at radius 1 is 1.18 bits per heavy atom. The second-order valence-electron chi connectivity index (χ2n) is 10.5. The predicted molar refractivity (Wildman–Crippen MR) is 153 cm³/mol. The number of hydrogen-bond donors (Lipinski definition) is 3. The van der Waals surface area contributed by atoms with Gasteiger partial charge in [0.2, 0.25) is 5.91 Å². The lowest BCUT2D eigenvalue weighted by atomic mass is 9.99. The highest BCUT2D eigenvalue weighted by molar-refractivity contribution is 5.83. The molecule has 1 atom stereocenters. The van der Waals surface area contributed by atoms with Crippen LogP contribution in [0.5, 0.6) is 5.75 Å². The smallest absolute Gasteiger partial charge is 0.326 e. The summed E-state index contributed by atoms with van der Waals surface area (Å²) in [5.41, 5.74) is 2.34. The van der Waals surface area contributed by atoms with Gasteiger partial charge in [-0.15, -0.1) is 0 Å². The van der Waals surface area contributed by atoms with Gasteiger partial charge in [-0.2, -0.15) is 0 Å². The quantitative estimate of drug-likeness (QED) is 0.230. The Balaban J connectivity index is 1.52. The van der Waals surface area contributed by atoms with E-state index in [1.54, 1.807) is 0 Å². The highest BCUT2D eigenvalue weighted by atomic mass is 19.1. The largest absolute Gasteiger partial charge is 0.491 e. The molecule has 9 nitrogen and oxygen atoms in total. The number of rotatable bonds is 18. The molecule has 2 aromatic rings. The second kappa shape index (κ2) is 16.7. The summed E-state index contributed by atoms with van der Waals surface area (Å²) in [4.78, 5) is 35.1. The monoisotopic (exact) mass is 557 g/mol. The third-order valence-corrected chi connectivity index (χ3v) is 7.46. The van der Waals surface area contributed by atoms with Gasteiger partial charge in [-0.1, -0.05) is 32.8 Å². The first-order valence-corrected chi connectivity index (χ1v) is 14.6. The van der Waals surface area contributed by atoms with Gasteiger partial charge in [0, 0.05) is 37.8 Å². The molecule has 0 radical (unpaired) electrons. The lowest BCUT2D eigenvalue weighted by Gasteiger charge is -2.25. The van der Waals surface area contributed by atoms with E-state index in [1.807, 2.05) is 13.8 Å². The molecule has 3 rings (SSSR count). The number of carbonyl (C=O) groups is 2. The van der Waals surface area contributed by atoms with Crippen molar-refractivity contribution in [1.82, 2.24) is 20.2 Å².